The molecule has 6 heteroatoms. The summed E-state index contributed by atoms with van der Waals surface area (Å²) < 4.78 is 43.8. The Morgan fingerprint density at radius 1 is 1.13 bits per heavy atom. The molecule has 0 aliphatic heterocycles. The van der Waals surface area contributed by atoms with E-state index in [1.165, 1.54) is 6.07 Å². The predicted octanol–water partition coefficient (Wildman–Crippen LogP) is 4.01. The summed E-state index contributed by atoms with van der Waals surface area (Å²) in [6, 6.07) is 8.65. The maximum Gasteiger partial charge on any atom is 0.416 e. The number of rotatable bonds is 7. The second-order valence-electron chi connectivity index (χ2n) is 5.68. The molecule has 0 spiro atoms. The third-order valence-electron chi connectivity index (χ3n) is 3.39. The SMILES string of the molecule is CN(C)CCCNCc1ccc(-c2cccc(C(F)(F)F)c2)o1. The predicted molar refractivity (Wildman–Crippen MR) is 84.0 cm³/mol. The molecule has 126 valence electrons. The third kappa shape index (κ3) is 5.41. The van der Waals surface area contributed by atoms with E-state index in [1.54, 1.807) is 18.2 Å². The highest BCUT2D eigenvalue weighted by Crippen LogP contribution is 2.32. The molecule has 0 unspecified atom stereocenters. The Balaban J connectivity index is 1.94. The van der Waals surface area contributed by atoms with E-state index in [9.17, 15) is 13.2 Å². The second kappa shape index (κ2) is 7.66. The minimum atomic E-state index is -4.35. The summed E-state index contributed by atoms with van der Waals surface area (Å²) in [7, 11) is 4.04. The highest BCUT2D eigenvalue weighted by molar-refractivity contribution is 5.58. The topological polar surface area (TPSA) is 28.4 Å². The van der Waals surface area contributed by atoms with Gasteiger partial charge in [-0.05, 0) is 57.9 Å². The van der Waals surface area contributed by atoms with Gasteiger partial charge in [-0.15, -0.1) is 0 Å². The Hall–Kier alpha value is -1.79. The lowest BCUT2D eigenvalue weighted by molar-refractivity contribution is -0.137. The Bertz CT molecular complexity index is 620. The van der Waals surface area contributed by atoms with E-state index in [0.717, 1.165) is 31.6 Å². The van der Waals surface area contributed by atoms with Crippen LogP contribution in [0.25, 0.3) is 11.3 Å². The van der Waals surface area contributed by atoms with Gasteiger partial charge in [0.2, 0.25) is 0 Å². The molecule has 0 aliphatic carbocycles. The standard InChI is InChI=1S/C17H21F3N2O/c1-22(2)10-4-9-21-12-15-7-8-16(23-15)13-5-3-6-14(11-13)17(18,19)20/h3,5-8,11,21H,4,9-10,12H2,1-2H3. The van der Waals surface area contributed by atoms with E-state index in [2.05, 4.69) is 10.2 Å². The van der Waals surface area contributed by atoms with E-state index in [1.807, 2.05) is 14.1 Å². The average molecular weight is 326 g/mol. The van der Waals surface area contributed by atoms with Crippen molar-refractivity contribution in [2.24, 2.45) is 0 Å². The van der Waals surface area contributed by atoms with Crippen LogP contribution in [0.3, 0.4) is 0 Å². The number of hydrogen-bond acceptors (Lipinski definition) is 3. The molecule has 0 saturated carbocycles. The highest BCUT2D eigenvalue weighted by Gasteiger charge is 2.30. The zero-order chi connectivity index (χ0) is 16.9. The molecular formula is C17H21F3N2O. The van der Waals surface area contributed by atoms with Crippen LogP contribution in [0.5, 0.6) is 0 Å². The zero-order valence-corrected chi connectivity index (χ0v) is 13.3. The van der Waals surface area contributed by atoms with Gasteiger partial charge in [-0.1, -0.05) is 12.1 Å². The molecule has 3 nitrogen and oxygen atoms in total. The molecule has 23 heavy (non-hydrogen) atoms. The number of alkyl halides is 3. The van der Waals surface area contributed by atoms with Gasteiger partial charge in [0.25, 0.3) is 0 Å². The monoisotopic (exact) mass is 326 g/mol. The molecule has 0 atom stereocenters. The van der Waals surface area contributed by atoms with E-state index < -0.39 is 11.7 Å². The van der Waals surface area contributed by atoms with Gasteiger partial charge in [-0.25, -0.2) is 0 Å². The van der Waals surface area contributed by atoms with Crippen LogP contribution in [0.4, 0.5) is 13.2 Å². The minimum Gasteiger partial charge on any atom is -0.460 e. The lowest BCUT2D eigenvalue weighted by atomic mass is 10.1. The molecule has 0 bridgehead atoms. The number of halogens is 3. The normalized spacial score (nSPS) is 12.1. The summed E-state index contributed by atoms with van der Waals surface area (Å²) in [5.74, 6) is 1.16. The van der Waals surface area contributed by atoms with Crippen molar-refractivity contribution in [3.8, 4) is 11.3 Å². The van der Waals surface area contributed by atoms with Crippen molar-refractivity contribution in [3.63, 3.8) is 0 Å². The fourth-order valence-electron chi connectivity index (χ4n) is 2.21. The molecule has 1 heterocycles. The maximum atomic E-state index is 12.7. The van der Waals surface area contributed by atoms with Crippen LogP contribution in [0.2, 0.25) is 0 Å². The molecule has 1 N–H and O–H groups in total. The molecule has 2 aromatic rings. The van der Waals surface area contributed by atoms with Crippen LogP contribution in [0, 0.1) is 0 Å². The first-order valence-corrected chi connectivity index (χ1v) is 7.48. The number of benzene rings is 1. The van der Waals surface area contributed by atoms with Crippen molar-refractivity contribution in [2.75, 3.05) is 27.2 Å². The fraction of sp³-hybridized carbons (Fsp3) is 0.412. The summed E-state index contributed by atoms with van der Waals surface area (Å²) in [6.07, 6.45) is -3.33. The first-order chi connectivity index (χ1) is 10.9. The van der Waals surface area contributed by atoms with Crippen molar-refractivity contribution < 1.29 is 17.6 Å². The molecule has 1 aromatic heterocycles. The Labute approximate surface area is 134 Å². The lowest BCUT2D eigenvalue weighted by Gasteiger charge is -2.09. The van der Waals surface area contributed by atoms with Gasteiger partial charge in [0.1, 0.15) is 11.5 Å². The number of furan rings is 1. The molecule has 1 aromatic carbocycles. The van der Waals surface area contributed by atoms with Crippen molar-refractivity contribution in [2.45, 2.75) is 19.1 Å². The minimum absolute atomic E-state index is 0.429. The lowest BCUT2D eigenvalue weighted by Crippen LogP contribution is -2.20. The molecular weight excluding hydrogens is 305 g/mol. The second-order valence-corrected chi connectivity index (χ2v) is 5.68. The van der Waals surface area contributed by atoms with Crippen molar-refractivity contribution in [1.82, 2.24) is 10.2 Å². The van der Waals surface area contributed by atoms with Crippen LogP contribution in [-0.4, -0.2) is 32.1 Å². The van der Waals surface area contributed by atoms with Crippen molar-refractivity contribution in [3.05, 3.63) is 47.7 Å². The van der Waals surface area contributed by atoms with Gasteiger partial charge in [0.05, 0.1) is 12.1 Å². The summed E-state index contributed by atoms with van der Waals surface area (Å²) >= 11 is 0. The van der Waals surface area contributed by atoms with Gasteiger partial charge >= 0.3 is 6.18 Å². The first kappa shape index (κ1) is 17.6. The van der Waals surface area contributed by atoms with Gasteiger partial charge in [0, 0.05) is 5.56 Å². The molecule has 0 saturated heterocycles. The highest BCUT2D eigenvalue weighted by atomic mass is 19.4. The van der Waals surface area contributed by atoms with Crippen LogP contribution in [-0.2, 0) is 12.7 Å². The summed E-state index contributed by atoms with van der Waals surface area (Å²) in [5.41, 5.74) is -0.242. The molecule has 0 amide bonds. The summed E-state index contributed by atoms with van der Waals surface area (Å²) in [6.45, 7) is 2.42. The van der Waals surface area contributed by atoms with Gasteiger partial charge in [0.15, 0.2) is 0 Å². The number of hydrogen-bond donors (Lipinski definition) is 1. The van der Waals surface area contributed by atoms with Crippen molar-refractivity contribution in [1.29, 1.82) is 0 Å². The average Bonchev–Trinajstić information content (AvgIpc) is 2.95. The van der Waals surface area contributed by atoms with Crippen LogP contribution in [0.15, 0.2) is 40.8 Å². The Morgan fingerprint density at radius 3 is 2.61 bits per heavy atom. The van der Waals surface area contributed by atoms with Gasteiger partial charge in [-0.2, -0.15) is 13.2 Å². The number of nitrogens with one attached hydrogen (secondary N) is 1. The first-order valence-electron chi connectivity index (χ1n) is 7.48. The summed E-state index contributed by atoms with van der Waals surface area (Å²) in [4.78, 5) is 2.11. The molecule has 0 radical (unpaired) electrons. The smallest absolute Gasteiger partial charge is 0.416 e. The van der Waals surface area contributed by atoms with Gasteiger partial charge in [-0.3, -0.25) is 0 Å². The quantitative estimate of drug-likeness (QED) is 0.780. The van der Waals surface area contributed by atoms with Crippen LogP contribution in [0.1, 0.15) is 17.7 Å². The van der Waals surface area contributed by atoms with Crippen LogP contribution < -0.4 is 5.32 Å². The molecule has 0 aliphatic rings. The Kier molecular flexibility index (Phi) is 5.85. The largest absolute Gasteiger partial charge is 0.460 e. The number of nitrogens with zero attached hydrogens (tertiary/aromatic N) is 1. The van der Waals surface area contributed by atoms with Gasteiger partial charge < -0.3 is 14.6 Å². The van der Waals surface area contributed by atoms with E-state index in [0.29, 0.717) is 23.6 Å². The third-order valence-corrected chi connectivity index (χ3v) is 3.39. The summed E-state index contributed by atoms with van der Waals surface area (Å²) in [5, 5.41) is 3.26. The van der Waals surface area contributed by atoms with E-state index >= 15 is 0 Å². The Morgan fingerprint density at radius 2 is 1.91 bits per heavy atom. The zero-order valence-electron chi connectivity index (χ0n) is 13.3. The van der Waals surface area contributed by atoms with E-state index in [-0.39, 0.29) is 0 Å². The van der Waals surface area contributed by atoms with E-state index in [4.69, 9.17) is 4.42 Å². The molecule has 0 fully saturated rings. The van der Waals surface area contributed by atoms with Crippen LogP contribution >= 0.6 is 0 Å². The maximum absolute atomic E-state index is 12.7. The van der Waals surface area contributed by atoms with Crippen molar-refractivity contribution >= 4 is 0 Å². The molecule has 2 rings (SSSR count). The fourth-order valence-corrected chi connectivity index (χ4v) is 2.21.